The van der Waals surface area contributed by atoms with E-state index in [1.165, 1.54) is 29.2 Å². The molecule has 2 aliphatic rings. The Labute approximate surface area is 198 Å². The van der Waals surface area contributed by atoms with Gasteiger partial charge in [-0.2, -0.15) is 5.21 Å². The average Bonchev–Trinajstić information content (AvgIpc) is 3.45. The van der Waals surface area contributed by atoms with Gasteiger partial charge in [0.25, 0.3) is 11.8 Å². The standard InChI is InChI=1S/C26H19F2N5O2/c27-17-9-10-21-16(13-17)6-5-15-7-8-18(28)14-22(15)26(21,25-29-31-32-30-25)11-12-33-23(34)19-3-1-2-4-20(19)24(33)35/h1-4,7-10,13-14H,5-6,11-12H2,(H,29,30,31,32). The highest BCUT2D eigenvalue weighted by atomic mass is 19.1. The summed E-state index contributed by atoms with van der Waals surface area (Å²) in [6, 6.07) is 15.7. The lowest BCUT2D eigenvalue weighted by Crippen LogP contribution is -2.39. The van der Waals surface area contributed by atoms with Gasteiger partial charge in [0.15, 0.2) is 5.82 Å². The highest BCUT2D eigenvalue weighted by Gasteiger charge is 2.46. The van der Waals surface area contributed by atoms with Gasteiger partial charge >= 0.3 is 0 Å². The fraction of sp³-hybridized carbons (Fsp3) is 0.192. The number of aryl methyl sites for hydroxylation is 2. The van der Waals surface area contributed by atoms with Gasteiger partial charge < -0.3 is 0 Å². The van der Waals surface area contributed by atoms with Crippen LogP contribution in [0.4, 0.5) is 8.78 Å². The second kappa shape index (κ2) is 7.90. The van der Waals surface area contributed by atoms with Crippen LogP contribution in [0.15, 0.2) is 60.7 Å². The molecule has 0 radical (unpaired) electrons. The molecule has 174 valence electrons. The lowest BCUT2D eigenvalue weighted by atomic mass is 9.69. The average molecular weight is 471 g/mol. The molecule has 2 amide bonds. The summed E-state index contributed by atoms with van der Waals surface area (Å²) in [6.07, 6.45) is 1.24. The van der Waals surface area contributed by atoms with E-state index in [2.05, 4.69) is 20.6 Å². The molecule has 0 saturated heterocycles. The highest BCUT2D eigenvalue weighted by molar-refractivity contribution is 6.21. The number of nitrogens with one attached hydrogen (secondary N) is 1. The van der Waals surface area contributed by atoms with E-state index < -0.39 is 11.2 Å². The molecule has 1 aromatic heterocycles. The van der Waals surface area contributed by atoms with Crippen molar-refractivity contribution in [2.75, 3.05) is 6.54 Å². The zero-order valence-electron chi connectivity index (χ0n) is 18.5. The molecule has 0 spiro atoms. The van der Waals surface area contributed by atoms with E-state index in [1.54, 1.807) is 36.4 Å². The maximum absolute atomic E-state index is 14.7. The molecule has 1 unspecified atom stereocenters. The van der Waals surface area contributed by atoms with E-state index >= 15 is 0 Å². The first-order chi connectivity index (χ1) is 17.0. The minimum absolute atomic E-state index is 0.0215. The van der Waals surface area contributed by atoms with Gasteiger partial charge in [-0.25, -0.2) is 8.78 Å². The van der Waals surface area contributed by atoms with Gasteiger partial charge in [-0.3, -0.25) is 14.5 Å². The van der Waals surface area contributed by atoms with Crippen molar-refractivity contribution in [2.24, 2.45) is 0 Å². The number of amides is 2. The fourth-order valence-electron chi connectivity index (χ4n) is 5.45. The fourth-order valence-corrected chi connectivity index (χ4v) is 5.45. The molecule has 0 saturated carbocycles. The number of hydrogen-bond donors (Lipinski definition) is 1. The van der Waals surface area contributed by atoms with Crippen LogP contribution in [0, 0.1) is 11.6 Å². The number of carbonyl (C=O) groups is 2. The number of rotatable bonds is 4. The number of halogens is 2. The van der Waals surface area contributed by atoms with Crippen LogP contribution in [-0.4, -0.2) is 43.9 Å². The second-order valence-electron chi connectivity index (χ2n) is 8.80. The summed E-state index contributed by atoms with van der Waals surface area (Å²) in [7, 11) is 0. The lowest BCUT2D eigenvalue weighted by molar-refractivity contribution is 0.0646. The zero-order valence-corrected chi connectivity index (χ0v) is 18.5. The van der Waals surface area contributed by atoms with E-state index in [0.29, 0.717) is 35.1 Å². The Morgan fingerprint density at radius 2 is 1.54 bits per heavy atom. The predicted molar refractivity (Wildman–Crippen MR) is 121 cm³/mol. The predicted octanol–water partition coefficient (Wildman–Crippen LogP) is 3.60. The van der Waals surface area contributed by atoms with E-state index in [4.69, 9.17) is 0 Å². The zero-order chi connectivity index (χ0) is 24.2. The molecule has 35 heavy (non-hydrogen) atoms. The Morgan fingerprint density at radius 3 is 2.26 bits per heavy atom. The van der Waals surface area contributed by atoms with E-state index in [0.717, 1.165) is 11.1 Å². The normalized spacial score (nSPS) is 18.7. The van der Waals surface area contributed by atoms with Crippen molar-refractivity contribution in [1.29, 1.82) is 0 Å². The Kier molecular flexibility index (Phi) is 4.80. The first-order valence-corrected chi connectivity index (χ1v) is 11.3. The third kappa shape index (κ3) is 3.18. The molecule has 1 atom stereocenters. The summed E-state index contributed by atoms with van der Waals surface area (Å²) in [5.74, 6) is -1.34. The largest absolute Gasteiger partial charge is 0.274 e. The first kappa shape index (κ1) is 21.3. The summed E-state index contributed by atoms with van der Waals surface area (Å²) in [6.45, 7) is 0.0215. The molecule has 6 rings (SSSR count). The Morgan fingerprint density at radius 1 is 0.857 bits per heavy atom. The van der Waals surface area contributed by atoms with E-state index in [-0.39, 0.29) is 36.4 Å². The van der Waals surface area contributed by atoms with Gasteiger partial charge in [0, 0.05) is 6.54 Å². The summed E-state index contributed by atoms with van der Waals surface area (Å²) in [5, 5.41) is 14.8. The molecule has 7 nitrogen and oxygen atoms in total. The van der Waals surface area contributed by atoms with Crippen LogP contribution < -0.4 is 0 Å². The minimum Gasteiger partial charge on any atom is -0.274 e. The molecule has 4 aromatic rings. The molecule has 2 heterocycles. The maximum atomic E-state index is 14.7. The minimum atomic E-state index is -1.17. The van der Waals surface area contributed by atoms with E-state index in [9.17, 15) is 18.4 Å². The van der Waals surface area contributed by atoms with Gasteiger partial charge in [0.05, 0.1) is 16.5 Å². The van der Waals surface area contributed by atoms with Crippen molar-refractivity contribution in [3.05, 3.63) is 112 Å². The molecule has 1 N–H and O–H groups in total. The number of carbonyl (C=O) groups excluding carboxylic acids is 2. The van der Waals surface area contributed by atoms with Crippen LogP contribution in [0.5, 0.6) is 0 Å². The van der Waals surface area contributed by atoms with Gasteiger partial charge in [-0.05, 0) is 77.9 Å². The number of imide groups is 1. The molecule has 9 heteroatoms. The number of tetrazole rings is 1. The molecule has 0 fully saturated rings. The molecule has 1 aliphatic carbocycles. The van der Waals surface area contributed by atoms with Crippen LogP contribution in [0.1, 0.15) is 55.2 Å². The van der Waals surface area contributed by atoms with Crippen molar-refractivity contribution in [1.82, 2.24) is 25.5 Å². The molecule has 3 aromatic carbocycles. The smallest absolute Gasteiger partial charge is 0.261 e. The Balaban J connectivity index is 1.53. The monoisotopic (exact) mass is 471 g/mol. The Hall–Kier alpha value is -4.27. The molecule has 1 aliphatic heterocycles. The number of benzene rings is 3. The SMILES string of the molecule is O=C1c2ccccc2C(=O)N1CCC1(c2nn[nH]n2)c2ccc(F)cc2CCc2ccc(F)cc21. The number of nitrogens with zero attached hydrogens (tertiary/aromatic N) is 4. The van der Waals surface area contributed by atoms with Crippen molar-refractivity contribution < 1.29 is 18.4 Å². The van der Waals surface area contributed by atoms with Crippen LogP contribution in [0.25, 0.3) is 0 Å². The van der Waals surface area contributed by atoms with Crippen molar-refractivity contribution in [3.8, 4) is 0 Å². The van der Waals surface area contributed by atoms with Crippen LogP contribution in [0.3, 0.4) is 0 Å². The highest BCUT2D eigenvalue weighted by Crippen LogP contribution is 2.46. The van der Waals surface area contributed by atoms with Crippen LogP contribution in [-0.2, 0) is 18.3 Å². The number of fused-ring (bicyclic) bond motifs is 3. The topological polar surface area (TPSA) is 91.8 Å². The summed E-state index contributed by atoms with van der Waals surface area (Å²) < 4.78 is 28.9. The summed E-state index contributed by atoms with van der Waals surface area (Å²) >= 11 is 0. The van der Waals surface area contributed by atoms with Gasteiger partial charge in [-0.1, -0.05) is 29.5 Å². The number of H-pyrrole nitrogens is 1. The third-order valence-corrected chi connectivity index (χ3v) is 7.04. The lowest BCUT2D eigenvalue weighted by Gasteiger charge is -2.34. The number of hydrogen-bond acceptors (Lipinski definition) is 5. The first-order valence-electron chi connectivity index (χ1n) is 11.3. The third-order valence-electron chi connectivity index (χ3n) is 7.04. The molecular formula is C26H19F2N5O2. The van der Waals surface area contributed by atoms with Crippen molar-refractivity contribution >= 4 is 11.8 Å². The van der Waals surface area contributed by atoms with Gasteiger partial charge in [0.1, 0.15) is 11.6 Å². The van der Waals surface area contributed by atoms with Crippen molar-refractivity contribution in [3.63, 3.8) is 0 Å². The van der Waals surface area contributed by atoms with Crippen LogP contribution in [0.2, 0.25) is 0 Å². The molecular weight excluding hydrogens is 452 g/mol. The molecule has 0 bridgehead atoms. The van der Waals surface area contributed by atoms with Crippen LogP contribution >= 0.6 is 0 Å². The number of aromatic nitrogens is 4. The maximum Gasteiger partial charge on any atom is 0.261 e. The van der Waals surface area contributed by atoms with Gasteiger partial charge in [0.2, 0.25) is 0 Å². The summed E-state index contributed by atoms with van der Waals surface area (Å²) in [5.41, 5.74) is 2.42. The number of aromatic amines is 1. The van der Waals surface area contributed by atoms with E-state index in [1.807, 2.05) is 0 Å². The van der Waals surface area contributed by atoms with Crippen molar-refractivity contribution in [2.45, 2.75) is 24.7 Å². The Bertz CT molecular complexity index is 1450. The van der Waals surface area contributed by atoms with Gasteiger partial charge in [-0.15, -0.1) is 10.2 Å². The quantitative estimate of drug-likeness (QED) is 0.459. The second-order valence-corrected chi connectivity index (χ2v) is 8.80. The summed E-state index contributed by atoms with van der Waals surface area (Å²) in [4.78, 5) is 27.3.